The van der Waals surface area contributed by atoms with Crippen LogP contribution in [-0.2, 0) is 0 Å². The molecule has 0 saturated carbocycles. The topological polar surface area (TPSA) is 56.0 Å². The molecule has 1 amide bonds. The molecule has 0 bridgehead atoms. The second kappa shape index (κ2) is 4.65. The fourth-order valence-electron chi connectivity index (χ4n) is 1.49. The smallest absolute Gasteiger partial charge is 0.256 e. The van der Waals surface area contributed by atoms with Crippen molar-refractivity contribution >= 4 is 11.6 Å². The Balaban J connectivity index is 2.14. The normalized spacial score (nSPS) is 9.94. The SMILES string of the molecule is Cc1cccc(NC(=O)c2cc[n+]([O-])cc2)c1. The number of hydrogen-bond donors (Lipinski definition) is 1. The molecule has 0 aliphatic rings. The molecule has 0 radical (unpaired) electrons. The molecule has 1 heterocycles. The summed E-state index contributed by atoms with van der Waals surface area (Å²) in [6, 6.07) is 10.5. The van der Waals surface area contributed by atoms with Gasteiger partial charge < -0.3 is 10.5 Å². The van der Waals surface area contributed by atoms with E-state index >= 15 is 0 Å². The lowest BCUT2D eigenvalue weighted by molar-refractivity contribution is -0.605. The third-order valence-electron chi connectivity index (χ3n) is 2.34. The molecule has 0 fully saturated rings. The van der Waals surface area contributed by atoms with E-state index in [0.717, 1.165) is 11.3 Å². The van der Waals surface area contributed by atoms with Crippen molar-refractivity contribution in [1.82, 2.24) is 0 Å². The molecule has 17 heavy (non-hydrogen) atoms. The molecule has 0 unspecified atom stereocenters. The standard InChI is InChI=1S/C13H12N2O2/c1-10-3-2-4-12(9-10)14-13(16)11-5-7-15(17)8-6-11/h2-9H,1H3,(H,14,16). The first-order valence-electron chi connectivity index (χ1n) is 5.22. The van der Waals surface area contributed by atoms with Gasteiger partial charge in [0.15, 0.2) is 12.4 Å². The number of amides is 1. The average molecular weight is 228 g/mol. The summed E-state index contributed by atoms with van der Waals surface area (Å²) in [7, 11) is 0. The second-order valence-corrected chi connectivity index (χ2v) is 3.77. The van der Waals surface area contributed by atoms with Crippen LogP contribution >= 0.6 is 0 Å². The molecule has 1 aromatic heterocycles. The zero-order valence-corrected chi connectivity index (χ0v) is 9.38. The van der Waals surface area contributed by atoms with Crippen LogP contribution in [0, 0.1) is 12.1 Å². The maximum absolute atomic E-state index is 11.8. The molecule has 2 rings (SSSR count). The lowest BCUT2D eigenvalue weighted by Crippen LogP contribution is -2.25. The van der Waals surface area contributed by atoms with Gasteiger partial charge in [0, 0.05) is 17.8 Å². The zero-order chi connectivity index (χ0) is 12.3. The first kappa shape index (κ1) is 11.1. The van der Waals surface area contributed by atoms with Gasteiger partial charge in [0.05, 0.1) is 5.56 Å². The number of rotatable bonds is 2. The van der Waals surface area contributed by atoms with Crippen molar-refractivity contribution in [2.75, 3.05) is 5.32 Å². The van der Waals surface area contributed by atoms with E-state index in [1.807, 2.05) is 31.2 Å². The highest BCUT2D eigenvalue weighted by Gasteiger charge is 2.06. The molecule has 0 saturated heterocycles. The van der Waals surface area contributed by atoms with Crippen molar-refractivity contribution in [2.24, 2.45) is 0 Å². The quantitative estimate of drug-likeness (QED) is 0.630. The van der Waals surface area contributed by atoms with Crippen LogP contribution in [0.25, 0.3) is 0 Å². The highest BCUT2D eigenvalue weighted by molar-refractivity contribution is 6.04. The number of nitrogens with zero attached hydrogens (tertiary/aromatic N) is 1. The third kappa shape index (κ3) is 2.81. The Morgan fingerprint density at radius 2 is 1.94 bits per heavy atom. The van der Waals surface area contributed by atoms with E-state index in [-0.39, 0.29) is 5.91 Å². The van der Waals surface area contributed by atoms with Crippen molar-refractivity contribution in [2.45, 2.75) is 6.92 Å². The summed E-state index contributed by atoms with van der Waals surface area (Å²) in [6.07, 6.45) is 2.59. The van der Waals surface area contributed by atoms with Crippen LogP contribution < -0.4 is 10.0 Å². The van der Waals surface area contributed by atoms with E-state index in [2.05, 4.69) is 5.32 Å². The number of aryl methyl sites for hydroxylation is 1. The molecule has 86 valence electrons. The van der Waals surface area contributed by atoms with Crippen molar-refractivity contribution in [3.63, 3.8) is 0 Å². The molecule has 4 heteroatoms. The number of carbonyl (C=O) groups is 1. The highest BCUT2D eigenvalue weighted by atomic mass is 16.5. The summed E-state index contributed by atoms with van der Waals surface area (Å²) in [5.74, 6) is -0.226. The second-order valence-electron chi connectivity index (χ2n) is 3.77. The van der Waals surface area contributed by atoms with Gasteiger partial charge in [0.2, 0.25) is 0 Å². The van der Waals surface area contributed by atoms with Crippen LogP contribution in [0.2, 0.25) is 0 Å². The minimum atomic E-state index is -0.226. The predicted octanol–water partition coefficient (Wildman–Crippen LogP) is 1.88. The van der Waals surface area contributed by atoms with Gasteiger partial charge in [-0.15, -0.1) is 0 Å². The summed E-state index contributed by atoms with van der Waals surface area (Å²) in [6.45, 7) is 1.96. The lowest BCUT2D eigenvalue weighted by atomic mass is 10.2. The molecule has 0 aliphatic heterocycles. The Labute approximate surface area is 99.1 Å². The molecular weight excluding hydrogens is 216 g/mol. The van der Waals surface area contributed by atoms with E-state index in [0.29, 0.717) is 10.3 Å². The molecular formula is C13H12N2O2. The minimum absolute atomic E-state index is 0.226. The van der Waals surface area contributed by atoms with Crippen LogP contribution in [0.5, 0.6) is 0 Å². The average Bonchev–Trinajstić information content (AvgIpc) is 2.29. The number of aromatic nitrogens is 1. The molecule has 0 spiro atoms. The largest absolute Gasteiger partial charge is 0.619 e. The van der Waals surface area contributed by atoms with E-state index in [9.17, 15) is 10.0 Å². The first-order chi connectivity index (χ1) is 8.15. The summed E-state index contributed by atoms with van der Waals surface area (Å²) in [4.78, 5) is 11.8. The Morgan fingerprint density at radius 3 is 2.59 bits per heavy atom. The number of nitrogens with one attached hydrogen (secondary N) is 1. The molecule has 1 N–H and O–H groups in total. The molecule has 0 atom stereocenters. The Kier molecular flexibility index (Phi) is 3.05. The van der Waals surface area contributed by atoms with Crippen LogP contribution in [-0.4, -0.2) is 5.91 Å². The summed E-state index contributed by atoms with van der Waals surface area (Å²) >= 11 is 0. The fraction of sp³-hybridized carbons (Fsp3) is 0.0769. The van der Waals surface area contributed by atoms with Crippen molar-refractivity contribution in [3.8, 4) is 0 Å². The lowest BCUT2D eigenvalue weighted by Gasteiger charge is -2.05. The van der Waals surface area contributed by atoms with E-state index in [1.54, 1.807) is 0 Å². The van der Waals surface area contributed by atoms with Crippen molar-refractivity contribution in [1.29, 1.82) is 0 Å². The Hall–Kier alpha value is -2.36. The maximum Gasteiger partial charge on any atom is 0.256 e. The van der Waals surface area contributed by atoms with Crippen LogP contribution in [0.15, 0.2) is 48.8 Å². The third-order valence-corrected chi connectivity index (χ3v) is 2.34. The van der Waals surface area contributed by atoms with Crippen LogP contribution in [0.3, 0.4) is 0 Å². The fourth-order valence-corrected chi connectivity index (χ4v) is 1.49. The van der Waals surface area contributed by atoms with Gasteiger partial charge >= 0.3 is 0 Å². The molecule has 4 nitrogen and oxygen atoms in total. The van der Waals surface area contributed by atoms with Crippen LogP contribution in [0.4, 0.5) is 5.69 Å². The van der Waals surface area contributed by atoms with Gasteiger partial charge in [-0.25, -0.2) is 0 Å². The summed E-state index contributed by atoms with van der Waals surface area (Å²) < 4.78 is 0.642. The first-order valence-corrected chi connectivity index (χ1v) is 5.22. The van der Waals surface area contributed by atoms with E-state index in [4.69, 9.17) is 0 Å². The summed E-state index contributed by atoms with van der Waals surface area (Å²) in [5, 5.41) is 13.6. The predicted molar refractivity (Wildman–Crippen MR) is 64.5 cm³/mol. The monoisotopic (exact) mass is 228 g/mol. The number of hydrogen-bond acceptors (Lipinski definition) is 2. The number of pyridine rings is 1. The number of carbonyl (C=O) groups excluding carboxylic acids is 1. The maximum atomic E-state index is 11.8. The van der Waals surface area contributed by atoms with Crippen molar-refractivity contribution < 1.29 is 9.52 Å². The Morgan fingerprint density at radius 1 is 1.24 bits per heavy atom. The van der Waals surface area contributed by atoms with Gasteiger partial charge in [-0.3, -0.25) is 4.79 Å². The van der Waals surface area contributed by atoms with Gasteiger partial charge in [0.1, 0.15) is 0 Å². The Bertz CT molecular complexity index is 535. The van der Waals surface area contributed by atoms with Gasteiger partial charge in [-0.1, -0.05) is 12.1 Å². The van der Waals surface area contributed by atoms with Gasteiger partial charge in [0.25, 0.3) is 5.91 Å². The number of anilines is 1. The minimum Gasteiger partial charge on any atom is -0.619 e. The highest BCUT2D eigenvalue weighted by Crippen LogP contribution is 2.10. The zero-order valence-electron chi connectivity index (χ0n) is 9.38. The molecule has 0 aliphatic carbocycles. The van der Waals surface area contributed by atoms with E-state index < -0.39 is 0 Å². The number of benzene rings is 1. The molecule has 2 aromatic rings. The van der Waals surface area contributed by atoms with Gasteiger partial charge in [-0.05, 0) is 24.6 Å². The molecule has 1 aromatic carbocycles. The van der Waals surface area contributed by atoms with Crippen LogP contribution in [0.1, 0.15) is 15.9 Å². The van der Waals surface area contributed by atoms with Gasteiger partial charge in [-0.2, -0.15) is 4.73 Å². The van der Waals surface area contributed by atoms with E-state index in [1.165, 1.54) is 24.5 Å². The summed E-state index contributed by atoms with van der Waals surface area (Å²) in [5.41, 5.74) is 2.28. The van der Waals surface area contributed by atoms with Crippen molar-refractivity contribution in [3.05, 3.63) is 65.1 Å².